The van der Waals surface area contributed by atoms with Crippen molar-refractivity contribution in [3.05, 3.63) is 83.3 Å². The van der Waals surface area contributed by atoms with E-state index in [1.165, 1.54) is 11.5 Å². The Morgan fingerprint density at radius 3 is 2.59 bits per heavy atom. The minimum atomic E-state index is -0.257. The molecule has 1 aliphatic rings. The molecule has 0 fully saturated rings. The lowest BCUT2D eigenvalue weighted by atomic mass is 10.1. The van der Waals surface area contributed by atoms with E-state index >= 15 is 0 Å². The van der Waals surface area contributed by atoms with E-state index in [0.29, 0.717) is 17.1 Å². The van der Waals surface area contributed by atoms with E-state index in [9.17, 15) is 4.39 Å². The molecule has 5 rings (SSSR count). The van der Waals surface area contributed by atoms with E-state index in [1.54, 1.807) is 23.9 Å². The van der Waals surface area contributed by atoms with Crippen molar-refractivity contribution in [3.8, 4) is 0 Å². The summed E-state index contributed by atoms with van der Waals surface area (Å²) in [6.07, 6.45) is 1.91. The van der Waals surface area contributed by atoms with Gasteiger partial charge in [0.25, 0.3) is 0 Å². The average Bonchev–Trinajstić information content (AvgIpc) is 3.26. The van der Waals surface area contributed by atoms with Crippen LogP contribution in [0.2, 0.25) is 5.02 Å². The molecule has 0 saturated heterocycles. The number of thioether (sulfide) groups is 1. The number of benzene rings is 3. The molecule has 1 aromatic heterocycles. The molecule has 4 aromatic rings. The number of nitrogens with zero attached hydrogens (tertiary/aromatic N) is 1. The fourth-order valence-corrected chi connectivity index (χ4v) is 4.72. The number of aromatic nitrogens is 1. The van der Waals surface area contributed by atoms with Gasteiger partial charge in [-0.2, -0.15) is 0 Å². The third-order valence-corrected chi connectivity index (χ3v) is 6.31. The van der Waals surface area contributed by atoms with E-state index in [4.69, 9.17) is 27.9 Å². The van der Waals surface area contributed by atoms with Crippen molar-refractivity contribution in [2.45, 2.75) is 11.4 Å². The molecule has 5 N–H and O–H groups in total. The number of halogens is 2. The maximum Gasteiger partial charge on any atom is 0.129 e. The minimum Gasteiger partial charge on any atom is -0.399 e. The van der Waals surface area contributed by atoms with Gasteiger partial charge in [0.1, 0.15) is 12.6 Å². The van der Waals surface area contributed by atoms with Crippen LogP contribution in [0.15, 0.2) is 71.8 Å². The van der Waals surface area contributed by atoms with Gasteiger partial charge in [-0.05, 0) is 53.9 Å². The van der Waals surface area contributed by atoms with Gasteiger partial charge in [-0.15, -0.1) is 11.8 Å². The Kier molecular flexibility index (Phi) is 8.03. The van der Waals surface area contributed by atoms with Crippen LogP contribution in [0, 0.1) is 5.82 Å². The highest BCUT2D eigenvalue weighted by Crippen LogP contribution is 2.37. The van der Waals surface area contributed by atoms with Gasteiger partial charge in [0, 0.05) is 57.4 Å². The number of hydrogen-bond acceptors (Lipinski definition) is 5. The summed E-state index contributed by atoms with van der Waals surface area (Å²) in [5.41, 5.74) is 15.7. The number of H-pyrrole nitrogens is 1. The molecule has 1 aliphatic heterocycles. The van der Waals surface area contributed by atoms with E-state index in [-0.39, 0.29) is 5.82 Å². The molecular weight excluding hydrogens is 447 g/mol. The van der Waals surface area contributed by atoms with Gasteiger partial charge >= 0.3 is 0 Å². The average molecular weight is 471 g/mol. The van der Waals surface area contributed by atoms with E-state index in [1.807, 2.05) is 55.5 Å². The number of anilines is 3. The van der Waals surface area contributed by atoms with Crippen LogP contribution in [0.5, 0.6) is 0 Å². The summed E-state index contributed by atoms with van der Waals surface area (Å²) < 4.78 is 13.9. The summed E-state index contributed by atoms with van der Waals surface area (Å²) in [6, 6.07) is 18.5. The molecular formula is C24H24ClFN4OS. The van der Waals surface area contributed by atoms with E-state index in [2.05, 4.69) is 9.88 Å². The maximum absolute atomic E-state index is 13.9. The number of aromatic amines is 1. The van der Waals surface area contributed by atoms with Crippen molar-refractivity contribution < 1.29 is 9.18 Å². The second-order valence-corrected chi connectivity index (χ2v) is 8.57. The normalized spacial score (nSPS) is 12.2. The highest BCUT2D eigenvalue weighted by molar-refractivity contribution is 7.99. The number of nitrogen functional groups attached to an aromatic ring is 2. The highest BCUT2D eigenvalue weighted by atomic mass is 35.5. The van der Waals surface area contributed by atoms with Crippen molar-refractivity contribution in [2.75, 3.05) is 28.7 Å². The SMILES string of the molecule is C=O.Nc1ccc2c(c1)SCCN2Cc1c(F)cccc1Cl.Nc1ccc2cc[nH]c2c1. The summed E-state index contributed by atoms with van der Waals surface area (Å²) >= 11 is 7.89. The van der Waals surface area contributed by atoms with Crippen LogP contribution in [0.4, 0.5) is 21.5 Å². The van der Waals surface area contributed by atoms with Crippen LogP contribution >= 0.6 is 23.4 Å². The predicted octanol–water partition coefficient (Wildman–Crippen LogP) is 5.74. The van der Waals surface area contributed by atoms with Gasteiger partial charge in [0.05, 0.1) is 5.69 Å². The van der Waals surface area contributed by atoms with Crippen molar-refractivity contribution in [1.29, 1.82) is 0 Å². The third kappa shape index (κ3) is 5.55. The van der Waals surface area contributed by atoms with Gasteiger partial charge in [0.15, 0.2) is 0 Å². The first kappa shape index (κ1) is 23.5. The number of nitrogens with two attached hydrogens (primary N) is 2. The van der Waals surface area contributed by atoms with Gasteiger partial charge in [-0.25, -0.2) is 4.39 Å². The van der Waals surface area contributed by atoms with Gasteiger partial charge < -0.3 is 26.1 Å². The Morgan fingerprint density at radius 2 is 1.81 bits per heavy atom. The number of nitrogens with one attached hydrogen (secondary N) is 1. The molecule has 0 unspecified atom stereocenters. The first-order valence-electron chi connectivity index (χ1n) is 9.83. The standard InChI is InChI=1S/C15H14ClFN2S.C8H8N2.CH2O/c16-12-2-1-3-13(17)11(12)9-19-6-7-20-15-8-10(18)4-5-14(15)19;9-7-2-1-6-3-4-10-8(6)5-7;1-2/h1-5,8H,6-7,9,18H2;1-5,10H,9H2;1H2. The second kappa shape index (κ2) is 10.9. The van der Waals surface area contributed by atoms with Crippen LogP contribution in [-0.4, -0.2) is 24.1 Å². The maximum atomic E-state index is 13.9. The molecule has 32 heavy (non-hydrogen) atoms. The first-order valence-corrected chi connectivity index (χ1v) is 11.2. The second-order valence-electron chi connectivity index (χ2n) is 7.02. The molecule has 0 amide bonds. The van der Waals surface area contributed by atoms with Gasteiger partial charge in [-0.3, -0.25) is 0 Å². The van der Waals surface area contributed by atoms with Crippen molar-refractivity contribution in [2.24, 2.45) is 0 Å². The summed E-state index contributed by atoms with van der Waals surface area (Å²) in [7, 11) is 0. The first-order chi connectivity index (χ1) is 15.5. The smallest absolute Gasteiger partial charge is 0.129 e. The number of hydrogen-bond donors (Lipinski definition) is 3. The Labute approximate surface area is 195 Å². The summed E-state index contributed by atoms with van der Waals surface area (Å²) in [6.45, 7) is 3.34. The van der Waals surface area contributed by atoms with Crippen molar-refractivity contribution in [3.63, 3.8) is 0 Å². The molecule has 0 saturated carbocycles. The molecule has 166 valence electrons. The topological polar surface area (TPSA) is 88.1 Å². The highest BCUT2D eigenvalue weighted by Gasteiger charge is 2.20. The van der Waals surface area contributed by atoms with E-state index < -0.39 is 0 Å². The summed E-state index contributed by atoms with van der Waals surface area (Å²) in [4.78, 5) is 14.4. The number of rotatable bonds is 2. The Balaban J connectivity index is 0.000000201. The minimum absolute atomic E-state index is 0.257. The van der Waals surface area contributed by atoms with Gasteiger partial charge in [-0.1, -0.05) is 23.7 Å². The largest absolute Gasteiger partial charge is 0.399 e. The van der Waals surface area contributed by atoms with Crippen LogP contribution in [0.1, 0.15) is 5.56 Å². The lowest BCUT2D eigenvalue weighted by Crippen LogP contribution is -2.29. The Bertz CT molecular complexity index is 1180. The monoisotopic (exact) mass is 470 g/mol. The third-order valence-electron chi connectivity index (χ3n) is 4.93. The van der Waals surface area contributed by atoms with Crippen LogP contribution in [-0.2, 0) is 11.3 Å². The molecule has 2 heterocycles. The molecule has 3 aromatic carbocycles. The molecule has 0 radical (unpaired) electrons. The van der Waals surface area contributed by atoms with Gasteiger partial charge in [0.2, 0.25) is 0 Å². The zero-order valence-electron chi connectivity index (χ0n) is 17.4. The van der Waals surface area contributed by atoms with Crippen LogP contribution < -0.4 is 16.4 Å². The number of fused-ring (bicyclic) bond motifs is 2. The lowest BCUT2D eigenvalue weighted by Gasteiger charge is -2.31. The fraction of sp³-hybridized carbons (Fsp3) is 0.125. The fourth-order valence-electron chi connectivity index (χ4n) is 3.40. The molecule has 0 bridgehead atoms. The Hall–Kier alpha value is -3.16. The van der Waals surface area contributed by atoms with Crippen molar-refractivity contribution in [1.82, 2.24) is 4.98 Å². The molecule has 0 aliphatic carbocycles. The lowest BCUT2D eigenvalue weighted by molar-refractivity contribution is -0.0979. The summed E-state index contributed by atoms with van der Waals surface area (Å²) in [5.74, 6) is 0.704. The quantitative estimate of drug-likeness (QED) is 0.325. The Morgan fingerprint density at radius 1 is 1.06 bits per heavy atom. The zero-order chi connectivity index (χ0) is 23.1. The van der Waals surface area contributed by atoms with Crippen molar-refractivity contribution >= 4 is 58.1 Å². The van der Waals surface area contributed by atoms with Crippen LogP contribution in [0.25, 0.3) is 10.9 Å². The molecule has 0 spiro atoms. The van der Waals surface area contributed by atoms with E-state index in [0.717, 1.165) is 39.8 Å². The zero-order valence-corrected chi connectivity index (χ0v) is 18.9. The number of carbonyl (C=O) groups is 1. The van der Waals surface area contributed by atoms with Crippen LogP contribution in [0.3, 0.4) is 0 Å². The molecule has 0 atom stereocenters. The summed E-state index contributed by atoms with van der Waals surface area (Å²) in [5, 5.41) is 1.68. The number of carbonyl (C=O) groups excluding carboxylic acids is 1. The molecule has 5 nitrogen and oxygen atoms in total. The molecule has 8 heteroatoms. The predicted molar refractivity (Wildman–Crippen MR) is 134 cm³/mol.